The highest BCUT2D eigenvalue weighted by atomic mass is 16.6. The highest BCUT2D eigenvalue weighted by Crippen LogP contribution is 2.14. The number of nitrogens with two attached hydrogens (primary N) is 1. The van der Waals surface area contributed by atoms with E-state index in [-0.39, 0.29) is 24.8 Å². The highest BCUT2D eigenvalue weighted by Gasteiger charge is 2.24. The fraction of sp³-hybridized carbons (Fsp3) is 0.742. The minimum atomic E-state index is -0.822. The van der Waals surface area contributed by atoms with Gasteiger partial charge in [0, 0.05) is 12.5 Å². The van der Waals surface area contributed by atoms with Crippen LogP contribution in [0.25, 0.3) is 0 Å². The molecule has 4 N–H and O–H groups in total. The van der Waals surface area contributed by atoms with Gasteiger partial charge in [0.2, 0.25) is 0 Å². The molecule has 0 fully saturated rings. The van der Waals surface area contributed by atoms with Gasteiger partial charge in [-0.2, -0.15) is 0 Å². The lowest BCUT2D eigenvalue weighted by Gasteiger charge is -2.24. The average molecular weight is 519 g/mol. The van der Waals surface area contributed by atoms with Gasteiger partial charge in [-0.1, -0.05) is 122 Å². The van der Waals surface area contributed by atoms with Crippen molar-refractivity contribution in [2.45, 2.75) is 135 Å². The van der Waals surface area contributed by atoms with Gasteiger partial charge in [-0.25, -0.2) is 4.79 Å². The third-order valence-electron chi connectivity index (χ3n) is 7.05. The van der Waals surface area contributed by atoms with E-state index in [4.69, 9.17) is 10.5 Å². The number of carbonyl (C=O) groups excluding carboxylic acids is 2. The molecule has 0 radical (unpaired) electrons. The van der Waals surface area contributed by atoms with E-state index in [9.17, 15) is 14.7 Å². The molecule has 0 aliphatic rings. The van der Waals surface area contributed by atoms with Gasteiger partial charge in [0.1, 0.15) is 6.04 Å². The molecule has 212 valence electrons. The summed E-state index contributed by atoms with van der Waals surface area (Å²) >= 11 is 0. The van der Waals surface area contributed by atoms with E-state index in [0.717, 1.165) is 18.5 Å². The predicted octanol–water partition coefficient (Wildman–Crippen LogP) is 6.08. The smallest absolute Gasteiger partial charge is 0.330 e. The third-order valence-corrected chi connectivity index (χ3v) is 7.05. The first-order valence-electron chi connectivity index (χ1n) is 14.8. The zero-order valence-corrected chi connectivity index (χ0v) is 23.8. The van der Waals surface area contributed by atoms with Crippen LogP contribution < -0.4 is 11.1 Å². The number of nitrogens with one attached hydrogen (secondary N) is 1. The van der Waals surface area contributed by atoms with Crippen molar-refractivity contribution < 1.29 is 19.4 Å². The maximum atomic E-state index is 12.1. The second kappa shape index (κ2) is 21.2. The molecule has 1 unspecified atom stereocenters. The zero-order valence-electron chi connectivity index (χ0n) is 23.8. The topological polar surface area (TPSA) is 102 Å². The molecule has 6 nitrogen and oxygen atoms in total. The van der Waals surface area contributed by atoms with Gasteiger partial charge in [-0.05, 0) is 37.3 Å². The molecule has 3 atom stereocenters. The Hall–Kier alpha value is -1.76. The quantitative estimate of drug-likeness (QED) is 0.0976. The van der Waals surface area contributed by atoms with Crippen molar-refractivity contribution >= 4 is 11.9 Å². The molecule has 0 saturated carbocycles. The van der Waals surface area contributed by atoms with Gasteiger partial charge in [-0.15, -0.1) is 0 Å². The summed E-state index contributed by atoms with van der Waals surface area (Å²) in [5.74, 6) is -1.45. The third kappa shape index (κ3) is 16.6. The molecule has 0 spiro atoms. The average Bonchev–Trinajstić information content (AvgIpc) is 2.89. The van der Waals surface area contributed by atoms with Crippen molar-refractivity contribution in [3.05, 3.63) is 35.9 Å². The molecule has 0 aliphatic heterocycles. The van der Waals surface area contributed by atoms with E-state index >= 15 is 0 Å². The van der Waals surface area contributed by atoms with Crippen LogP contribution in [0.5, 0.6) is 0 Å². The number of unbranched alkanes of at least 4 members (excludes halogenated alkanes) is 11. The van der Waals surface area contributed by atoms with Gasteiger partial charge in [0.05, 0.1) is 6.10 Å². The van der Waals surface area contributed by atoms with Crippen LogP contribution in [-0.2, 0) is 20.7 Å². The van der Waals surface area contributed by atoms with Gasteiger partial charge in [0.15, 0.2) is 0 Å². The van der Waals surface area contributed by atoms with E-state index in [1.165, 1.54) is 70.6 Å². The molecule has 37 heavy (non-hydrogen) atoms. The first-order chi connectivity index (χ1) is 17.8. The highest BCUT2D eigenvalue weighted by molar-refractivity contribution is 5.88. The molecular formula is C31H54N2O4. The Morgan fingerprint density at radius 1 is 0.892 bits per heavy atom. The molecule has 0 heterocycles. The van der Waals surface area contributed by atoms with Crippen LogP contribution in [0.15, 0.2) is 30.3 Å². The zero-order chi connectivity index (χ0) is 27.3. The fourth-order valence-electron chi connectivity index (χ4n) is 4.44. The summed E-state index contributed by atoms with van der Waals surface area (Å²) in [5.41, 5.74) is 6.89. The minimum absolute atomic E-state index is 0.0245. The molecule has 0 saturated heterocycles. The number of ether oxygens (including phenoxy) is 1. The molecule has 0 aromatic heterocycles. The number of hydrogen-bond donors (Lipinski definition) is 3. The number of hydrogen-bond acceptors (Lipinski definition) is 6. The fourth-order valence-corrected chi connectivity index (χ4v) is 4.44. The lowest BCUT2D eigenvalue weighted by molar-refractivity contribution is -0.161. The summed E-state index contributed by atoms with van der Waals surface area (Å²) in [7, 11) is 0. The summed E-state index contributed by atoms with van der Waals surface area (Å²) in [6, 6.07) is 9.06. The van der Waals surface area contributed by atoms with Crippen LogP contribution >= 0.6 is 0 Å². The molecular weight excluding hydrogens is 464 g/mol. The van der Waals surface area contributed by atoms with Gasteiger partial charge in [-0.3, -0.25) is 4.79 Å². The molecule has 0 amide bonds. The Kier molecular flexibility index (Phi) is 19.1. The lowest BCUT2D eigenvalue weighted by atomic mass is 9.98. The van der Waals surface area contributed by atoms with E-state index < -0.39 is 24.1 Å². The first kappa shape index (κ1) is 33.3. The van der Waals surface area contributed by atoms with E-state index in [2.05, 4.69) is 12.2 Å². The van der Waals surface area contributed by atoms with Crippen LogP contribution in [0.3, 0.4) is 0 Å². The Morgan fingerprint density at radius 2 is 1.43 bits per heavy atom. The lowest BCUT2D eigenvalue weighted by Crippen LogP contribution is -2.42. The number of aliphatic hydroxyl groups excluding tert-OH is 1. The van der Waals surface area contributed by atoms with E-state index in [0.29, 0.717) is 6.42 Å². The van der Waals surface area contributed by atoms with Crippen molar-refractivity contribution in [3.8, 4) is 0 Å². The van der Waals surface area contributed by atoms with E-state index in [1.807, 2.05) is 30.3 Å². The Bertz CT molecular complexity index is 710. The predicted molar refractivity (Wildman–Crippen MR) is 152 cm³/mol. The SMILES string of the molecule is CCCCCCCCCCCCCCN[C@@H](Cc1ccccc1)C(O)CCC(=O)OC(=O)[C@@H](N)C(C)C. The molecule has 1 aromatic carbocycles. The summed E-state index contributed by atoms with van der Waals surface area (Å²) in [5, 5.41) is 14.4. The second-order valence-electron chi connectivity index (χ2n) is 10.8. The summed E-state index contributed by atoms with van der Waals surface area (Å²) < 4.78 is 4.87. The Balaban J connectivity index is 2.33. The van der Waals surface area contributed by atoms with Crippen molar-refractivity contribution in [1.82, 2.24) is 5.32 Å². The largest absolute Gasteiger partial charge is 0.392 e. The van der Waals surface area contributed by atoms with Crippen LogP contribution in [-0.4, -0.2) is 41.8 Å². The first-order valence-corrected chi connectivity index (χ1v) is 14.8. The number of esters is 2. The van der Waals surface area contributed by atoms with Crippen molar-refractivity contribution in [1.29, 1.82) is 0 Å². The minimum Gasteiger partial charge on any atom is -0.392 e. The molecule has 1 rings (SSSR count). The monoisotopic (exact) mass is 518 g/mol. The summed E-state index contributed by atoms with van der Waals surface area (Å²) in [6.07, 6.45) is 15.9. The molecule has 1 aromatic rings. The number of rotatable bonds is 22. The van der Waals surface area contributed by atoms with Gasteiger partial charge >= 0.3 is 11.9 Å². The van der Waals surface area contributed by atoms with Crippen molar-refractivity contribution in [2.24, 2.45) is 11.7 Å². The maximum absolute atomic E-state index is 12.1. The number of benzene rings is 1. The maximum Gasteiger partial charge on any atom is 0.330 e. The number of carbonyl (C=O) groups is 2. The number of aliphatic hydroxyl groups is 1. The second-order valence-corrected chi connectivity index (χ2v) is 10.8. The molecule has 0 bridgehead atoms. The van der Waals surface area contributed by atoms with Crippen molar-refractivity contribution in [3.63, 3.8) is 0 Å². The van der Waals surface area contributed by atoms with Gasteiger partial charge < -0.3 is 20.9 Å². The molecule has 0 aliphatic carbocycles. The van der Waals surface area contributed by atoms with Crippen molar-refractivity contribution in [2.75, 3.05) is 6.54 Å². The summed E-state index contributed by atoms with van der Waals surface area (Å²) in [6.45, 7) is 6.70. The van der Waals surface area contributed by atoms with Crippen LogP contribution in [0, 0.1) is 5.92 Å². The Morgan fingerprint density at radius 3 is 1.97 bits per heavy atom. The van der Waals surface area contributed by atoms with Crippen LogP contribution in [0.2, 0.25) is 0 Å². The molecule has 6 heteroatoms. The summed E-state index contributed by atoms with van der Waals surface area (Å²) in [4.78, 5) is 24.0. The van der Waals surface area contributed by atoms with Crippen LogP contribution in [0.4, 0.5) is 0 Å². The van der Waals surface area contributed by atoms with Crippen LogP contribution in [0.1, 0.15) is 116 Å². The van der Waals surface area contributed by atoms with Gasteiger partial charge in [0.25, 0.3) is 0 Å². The standard InChI is InChI=1S/C31H54N2O4/c1-4-5-6-7-8-9-10-11-12-13-14-18-23-33-27(24-26-19-16-15-17-20-26)28(34)21-22-29(35)37-31(36)30(32)25(2)3/h15-17,19-20,25,27-28,30,33-34H,4-14,18,21-24,32H2,1-3H3/t27-,28?,30-/m0/s1. The Labute approximate surface area is 226 Å². The normalized spacial score (nSPS) is 13.9. The van der Waals surface area contributed by atoms with E-state index in [1.54, 1.807) is 13.8 Å².